The lowest BCUT2D eigenvalue weighted by Gasteiger charge is -2.14. The highest BCUT2D eigenvalue weighted by Crippen LogP contribution is 2.09. The molecule has 0 aliphatic carbocycles. The largest absolute Gasteiger partial charge is 0.478 e. The van der Waals surface area contributed by atoms with Crippen LogP contribution in [0, 0.1) is 0 Å². The Balaban J connectivity index is 1.98. The third-order valence-electron chi connectivity index (χ3n) is 2.72. The quantitative estimate of drug-likeness (QED) is 0.816. The van der Waals surface area contributed by atoms with Crippen LogP contribution in [0.5, 0.6) is 0 Å². The number of nitrogens with zero attached hydrogens (tertiary/aromatic N) is 3. The summed E-state index contributed by atoms with van der Waals surface area (Å²) in [6.45, 7) is 1.60. The molecule has 1 aromatic rings. The van der Waals surface area contributed by atoms with Crippen molar-refractivity contribution < 1.29 is 14.7 Å². The van der Waals surface area contributed by atoms with Crippen molar-refractivity contribution in [3.8, 4) is 0 Å². The van der Waals surface area contributed by atoms with E-state index in [9.17, 15) is 9.59 Å². The number of amides is 1. The minimum atomic E-state index is -1.07. The molecule has 2 heterocycles. The molecule has 0 bridgehead atoms. The summed E-state index contributed by atoms with van der Waals surface area (Å²) in [5.41, 5.74) is 0.0300. The fourth-order valence-corrected chi connectivity index (χ4v) is 1.77. The lowest BCUT2D eigenvalue weighted by Crippen LogP contribution is -2.29. The molecule has 0 saturated carbocycles. The Labute approximate surface area is 98.3 Å². The van der Waals surface area contributed by atoms with Gasteiger partial charge >= 0.3 is 5.97 Å². The normalized spacial score (nSPS) is 14.9. The van der Waals surface area contributed by atoms with E-state index in [0.29, 0.717) is 5.82 Å². The number of aromatic carboxylic acids is 1. The van der Waals surface area contributed by atoms with Crippen molar-refractivity contribution in [1.82, 2.24) is 14.9 Å². The van der Waals surface area contributed by atoms with Crippen molar-refractivity contribution in [2.45, 2.75) is 19.3 Å². The van der Waals surface area contributed by atoms with Crippen LogP contribution in [0.4, 0.5) is 0 Å². The van der Waals surface area contributed by atoms with E-state index in [1.165, 1.54) is 12.4 Å². The van der Waals surface area contributed by atoms with Crippen LogP contribution in [0.25, 0.3) is 0 Å². The molecule has 6 heteroatoms. The molecular formula is C11H13N3O3. The first kappa shape index (κ1) is 11.5. The van der Waals surface area contributed by atoms with Crippen LogP contribution < -0.4 is 0 Å². The zero-order valence-corrected chi connectivity index (χ0v) is 9.30. The van der Waals surface area contributed by atoms with Gasteiger partial charge in [0.15, 0.2) is 0 Å². The average molecular weight is 235 g/mol. The summed E-state index contributed by atoms with van der Waals surface area (Å²) in [5, 5.41) is 8.68. The van der Waals surface area contributed by atoms with Gasteiger partial charge in [-0.25, -0.2) is 14.8 Å². The summed E-state index contributed by atoms with van der Waals surface area (Å²) in [6.07, 6.45) is 4.68. The first-order valence-corrected chi connectivity index (χ1v) is 5.49. The van der Waals surface area contributed by atoms with Crippen LogP contribution in [-0.4, -0.2) is 44.9 Å². The predicted molar refractivity (Wildman–Crippen MR) is 58.5 cm³/mol. The molecule has 0 spiro atoms. The molecule has 0 unspecified atom stereocenters. The summed E-state index contributed by atoms with van der Waals surface area (Å²) < 4.78 is 0. The van der Waals surface area contributed by atoms with E-state index in [1.54, 1.807) is 4.90 Å². The number of carbonyl (C=O) groups is 2. The van der Waals surface area contributed by atoms with E-state index in [4.69, 9.17) is 5.11 Å². The summed E-state index contributed by atoms with van der Waals surface area (Å²) >= 11 is 0. The third-order valence-corrected chi connectivity index (χ3v) is 2.72. The molecule has 1 saturated heterocycles. The maximum Gasteiger partial charge on any atom is 0.338 e. The predicted octanol–water partition coefficient (Wildman–Crippen LogP) is 0.340. The van der Waals surface area contributed by atoms with Crippen molar-refractivity contribution in [3.63, 3.8) is 0 Å². The highest BCUT2D eigenvalue weighted by molar-refractivity contribution is 5.86. The summed E-state index contributed by atoms with van der Waals surface area (Å²) in [5.74, 6) is -0.695. The molecule has 1 aliphatic rings. The highest BCUT2D eigenvalue weighted by Gasteiger charge is 2.19. The lowest BCUT2D eigenvalue weighted by atomic mass is 10.3. The topological polar surface area (TPSA) is 83.4 Å². The number of carboxylic acids is 1. The number of hydrogen-bond donors (Lipinski definition) is 1. The van der Waals surface area contributed by atoms with Crippen LogP contribution in [0.3, 0.4) is 0 Å². The van der Waals surface area contributed by atoms with Crippen LogP contribution in [0.1, 0.15) is 29.0 Å². The van der Waals surface area contributed by atoms with Gasteiger partial charge in [-0.3, -0.25) is 4.79 Å². The zero-order chi connectivity index (χ0) is 12.3. The Bertz CT molecular complexity index is 424. The number of carboxylic acid groups (broad SMARTS) is 1. The fourth-order valence-electron chi connectivity index (χ4n) is 1.77. The van der Waals surface area contributed by atoms with E-state index >= 15 is 0 Å². The number of aromatic nitrogens is 2. The Hall–Kier alpha value is -1.98. The molecule has 2 rings (SSSR count). The molecule has 1 aromatic heterocycles. The molecule has 0 aromatic carbocycles. The van der Waals surface area contributed by atoms with Crippen molar-refractivity contribution in [2.75, 3.05) is 13.1 Å². The molecule has 1 N–H and O–H groups in total. The van der Waals surface area contributed by atoms with E-state index in [1.807, 2.05) is 0 Å². The molecule has 1 aliphatic heterocycles. The maximum atomic E-state index is 11.8. The Morgan fingerprint density at radius 1 is 1.24 bits per heavy atom. The summed E-state index contributed by atoms with van der Waals surface area (Å²) in [7, 11) is 0. The third kappa shape index (κ3) is 2.77. The molecule has 90 valence electrons. The zero-order valence-electron chi connectivity index (χ0n) is 9.30. The number of hydrogen-bond acceptors (Lipinski definition) is 4. The van der Waals surface area contributed by atoms with Gasteiger partial charge in [-0.2, -0.15) is 0 Å². The van der Waals surface area contributed by atoms with Crippen LogP contribution in [0.2, 0.25) is 0 Å². The Kier molecular flexibility index (Phi) is 3.32. The van der Waals surface area contributed by atoms with Gasteiger partial charge in [0.2, 0.25) is 5.91 Å². The Morgan fingerprint density at radius 3 is 2.35 bits per heavy atom. The molecule has 0 atom stereocenters. The molecule has 1 fully saturated rings. The number of likely N-dealkylation sites (tertiary alicyclic amines) is 1. The fraction of sp³-hybridized carbons (Fsp3) is 0.455. The standard InChI is InChI=1S/C11H13N3O3/c15-10(14-3-1-2-4-14)5-9-12-6-8(7-13-9)11(16)17/h6-7H,1-5H2,(H,16,17). The summed E-state index contributed by atoms with van der Waals surface area (Å²) in [4.78, 5) is 31.9. The molecule has 1 amide bonds. The second-order valence-corrected chi connectivity index (χ2v) is 3.96. The van der Waals surface area contributed by atoms with Gasteiger partial charge in [0.25, 0.3) is 0 Å². The number of rotatable bonds is 3. The van der Waals surface area contributed by atoms with E-state index < -0.39 is 5.97 Å². The van der Waals surface area contributed by atoms with Gasteiger partial charge in [0.1, 0.15) is 5.82 Å². The van der Waals surface area contributed by atoms with E-state index in [2.05, 4.69) is 9.97 Å². The summed E-state index contributed by atoms with van der Waals surface area (Å²) in [6, 6.07) is 0. The van der Waals surface area contributed by atoms with Gasteiger partial charge in [-0.05, 0) is 12.8 Å². The van der Waals surface area contributed by atoms with Gasteiger partial charge in [-0.15, -0.1) is 0 Å². The molecular weight excluding hydrogens is 222 g/mol. The van der Waals surface area contributed by atoms with Gasteiger partial charge < -0.3 is 10.0 Å². The van der Waals surface area contributed by atoms with Crippen LogP contribution >= 0.6 is 0 Å². The second-order valence-electron chi connectivity index (χ2n) is 3.96. The van der Waals surface area contributed by atoms with Crippen molar-refractivity contribution in [1.29, 1.82) is 0 Å². The average Bonchev–Trinajstić information content (AvgIpc) is 2.83. The monoisotopic (exact) mass is 235 g/mol. The van der Waals surface area contributed by atoms with E-state index in [0.717, 1.165) is 25.9 Å². The lowest BCUT2D eigenvalue weighted by molar-refractivity contribution is -0.129. The molecule has 6 nitrogen and oxygen atoms in total. The van der Waals surface area contributed by atoms with Crippen molar-refractivity contribution >= 4 is 11.9 Å². The van der Waals surface area contributed by atoms with Crippen molar-refractivity contribution in [2.24, 2.45) is 0 Å². The minimum Gasteiger partial charge on any atom is -0.478 e. The van der Waals surface area contributed by atoms with Gasteiger partial charge in [0.05, 0.1) is 12.0 Å². The maximum absolute atomic E-state index is 11.8. The molecule has 17 heavy (non-hydrogen) atoms. The minimum absolute atomic E-state index is 0.00516. The van der Waals surface area contributed by atoms with Gasteiger partial charge in [-0.1, -0.05) is 0 Å². The first-order chi connectivity index (χ1) is 8.16. The number of carbonyl (C=O) groups excluding carboxylic acids is 1. The SMILES string of the molecule is O=C(O)c1cnc(CC(=O)N2CCCC2)nc1. The first-order valence-electron chi connectivity index (χ1n) is 5.49. The second kappa shape index (κ2) is 4.90. The Morgan fingerprint density at radius 2 is 1.82 bits per heavy atom. The highest BCUT2D eigenvalue weighted by atomic mass is 16.4. The van der Waals surface area contributed by atoms with Gasteiger partial charge in [0, 0.05) is 25.5 Å². The smallest absolute Gasteiger partial charge is 0.338 e. The van der Waals surface area contributed by atoms with Crippen LogP contribution in [-0.2, 0) is 11.2 Å². The van der Waals surface area contributed by atoms with Crippen LogP contribution in [0.15, 0.2) is 12.4 Å². The van der Waals surface area contributed by atoms with E-state index in [-0.39, 0.29) is 17.9 Å². The van der Waals surface area contributed by atoms with Crippen molar-refractivity contribution in [3.05, 3.63) is 23.8 Å². The molecule has 0 radical (unpaired) electrons.